The average molecular weight is 481 g/mol. The second kappa shape index (κ2) is 11.7. The summed E-state index contributed by atoms with van der Waals surface area (Å²) in [6, 6.07) is 8.38. The fourth-order valence-corrected chi connectivity index (χ4v) is 4.27. The molecule has 9 heteroatoms. The molecule has 0 saturated carbocycles. The van der Waals surface area contributed by atoms with Crippen molar-refractivity contribution in [1.82, 2.24) is 20.2 Å². The standard InChI is InChI=1S/C24H27FN6O2.C2H6/c1-15-22(17-5-7-19(25)8-6-17)16(2)28-24(27-15)31-11-9-20(10-12-31)30(3)21-13-18(14-26-29-21)23(32)33-4;1-2/h5-8,13-14,20H,9-12H2,1-4H3;1-2H3. The molecule has 0 atom stereocenters. The largest absolute Gasteiger partial charge is 0.465 e. The maximum atomic E-state index is 13.3. The molecule has 1 aromatic carbocycles. The van der Waals surface area contributed by atoms with Crippen LogP contribution in [0.2, 0.25) is 0 Å². The smallest absolute Gasteiger partial charge is 0.339 e. The molecule has 0 amide bonds. The van der Waals surface area contributed by atoms with E-state index >= 15 is 0 Å². The highest BCUT2D eigenvalue weighted by molar-refractivity contribution is 5.89. The van der Waals surface area contributed by atoms with Crippen LogP contribution in [0.3, 0.4) is 0 Å². The number of carbonyl (C=O) groups is 1. The third-order valence-corrected chi connectivity index (χ3v) is 6.11. The van der Waals surface area contributed by atoms with Gasteiger partial charge in [0, 0.05) is 31.7 Å². The Bertz CT molecular complexity index is 1120. The number of aryl methyl sites for hydroxylation is 2. The summed E-state index contributed by atoms with van der Waals surface area (Å²) in [5, 5.41) is 8.13. The van der Waals surface area contributed by atoms with Gasteiger partial charge in [-0.15, -0.1) is 5.10 Å². The first-order valence-corrected chi connectivity index (χ1v) is 11.9. The number of benzene rings is 1. The Balaban J connectivity index is 0.00000167. The molecule has 0 aliphatic carbocycles. The monoisotopic (exact) mass is 480 g/mol. The molecule has 1 aliphatic rings. The lowest BCUT2D eigenvalue weighted by Gasteiger charge is -2.37. The minimum absolute atomic E-state index is 0.254. The SMILES string of the molecule is CC.COC(=O)c1cnnc(N(C)C2CCN(c3nc(C)c(-c4ccc(F)cc4)c(C)n3)CC2)c1. The third kappa shape index (κ3) is 5.90. The van der Waals surface area contributed by atoms with Gasteiger partial charge in [0.2, 0.25) is 5.95 Å². The molecule has 4 rings (SSSR count). The first-order chi connectivity index (χ1) is 16.9. The second-order valence-corrected chi connectivity index (χ2v) is 8.20. The van der Waals surface area contributed by atoms with Crippen LogP contribution in [-0.4, -0.2) is 59.4 Å². The van der Waals surface area contributed by atoms with Crippen molar-refractivity contribution in [2.45, 2.75) is 46.6 Å². The molecular formula is C26H33FN6O2. The molecule has 186 valence electrons. The van der Waals surface area contributed by atoms with Crippen LogP contribution in [0.15, 0.2) is 36.5 Å². The molecule has 3 heterocycles. The summed E-state index contributed by atoms with van der Waals surface area (Å²) in [6.45, 7) is 9.52. The quantitative estimate of drug-likeness (QED) is 0.490. The number of ether oxygens (including phenoxy) is 1. The number of anilines is 2. The summed E-state index contributed by atoms with van der Waals surface area (Å²) in [7, 11) is 3.31. The lowest BCUT2D eigenvalue weighted by atomic mass is 10.0. The van der Waals surface area contributed by atoms with E-state index in [2.05, 4.69) is 20.0 Å². The van der Waals surface area contributed by atoms with Gasteiger partial charge in [-0.1, -0.05) is 26.0 Å². The van der Waals surface area contributed by atoms with Gasteiger partial charge in [-0.25, -0.2) is 19.2 Å². The molecule has 2 aromatic heterocycles. The third-order valence-electron chi connectivity index (χ3n) is 6.11. The predicted molar refractivity (Wildman–Crippen MR) is 135 cm³/mol. The number of esters is 1. The van der Waals surface area contributed by atoms with Crippen molar-refractivity contribution in [2.24, 2.45) is 0 Å². The topological polar surface area (TPSA) is 84.3 Å². The minimum Gasteiger partial charge on any atom is -0.465 e. The maximum Gasteiger partial charge on any atom is 0.339 e. The van der Waals surface area contributed by atoms with E-state index in [1.54, 1.807) is 18.2 Å². The number of rotatable bonds is 5. The molecule has 3 aromatic rings. The highest BCUT2D eigenvalue weighted by Crippen LogP contribution is 2.29. The summed E-state index contributed by atoms with van der Waals surface area (Å²) in [6.07, 6.45) is 3.19. The molecule has 0 spiro atoms. The van der Waals surface area contributed by atoms with Crippen LogP contribution in [0.1, 0.15) is 48.4 Å². The first kappa shape index (κ1) is 26.0. The highest BCUT2D eigenvalue weighted by Gasteiger charge is 2.26. The van der Waals surface area contributed by atoms with Gasteiger partial charge in [0.05, 0.1) is 30.3 Å². The van der Waals surface area contributed by atoms with E-state index in [0.29, 0.717) is 17.3 Å². The van der Waals surface area contributed by atoms with Crippen LogP contribution in [0.4, 0.5) is 16.2 Å². The van der Waals surface area contributed by atoms with Crippen molar-refractivity contribution in [3.8, 4) is 11.1 Å². The number of hydrogen-bond donors (Lipinski definition) is 0. The van der Waals surface area contributed by atoms with E-state index in [1.165, 1.54) is 25.4 Å². The minimum atomic E-state index is -0.429. The number of halogens is 1. The van der Waals surface area contributed by atoms with Crippen LogP contribution >= 0.6 is 0 Å². The summed E-state index contributed by atoms with van der Waals surface area (Å²) in [5.74, 6) is 0.663. The van der Waals surface area contributed by atoms with Gasteiger partial charge in [-0.05, 0) is 50.5 Å². The van der Waals surface area contributed by atoms with Crippen molar-refractivity contribution < 1.29 is 13.9 Å². The Hall–Kier alpha value is -3.62. The molecule has 0 radical (unpaired) electrons. The van der Waals surface area contributed by atoms with Gasteiger partial charge in [0.1, 0.15) is 5.82 Å². The van der Waals surface area contributed by atoms with Gasteiger partial charge < -0.3 is 14.5 Å². The van der Waals surface area contributed by atoms with Crippen LogP contribution < -0.4 is 9.80 Å². The van der Waals surface area contributed by atoms with Crippen LogP contribution in [-0.2, 0) is 4.74 Å². The van der Waals surface area contributed by atoms with Gasteiger partial charge in [-0.3, -0.25) is 0 Å². The number of carbonyl (C=O) groups excluding carboxylic acids is 1. The Labute approximate surface area is 206 Å². The van der Waals surface area contributed by atoms with E-state index in [4.69, 9.17) is 14.7 Å². The zero-order chi connectivity index (χ0) is 25.5. The van der Waals surface area contributed by atoms with Crippen molar-refractivity contribution in [2.75, 3.05) is 37.0 Å². The molecule has 0 N–H and O–H groups in total. The molecule has 0 bridgehead atoms. The van der Waals surface area contributed by atoms with E-state index in [1.807, 2.05) is 34.7 Å². The summed E-state index contributed by atoms with van der Waals surface area (Å²) < 4.78 is 18.1. The van der Waals surface area contributed by atoms with E-state index in [0.717, 1.165) is 48.4 Å². The molecule has 0 unspecified atom stereocenters. The summed E-state index contributed by atoms with van der Waals surface area (Å²) in [5.41, 5.74) is 3.98. The molecule has 1 fully saturated rings. The van der Waals surface area contributed by atoms with E-state index in [-0.39, 0.29) is 11.9 Å². The van der Waals surface area contributed by atoms with Crippen LogP contribution in [0, 0.1) is 19.7 Å². The molecular weight excluding hydrogens is 447 g/mol. The number of hydrogen-bond acceptors (Lipinski definition) is 8. The average Bonchev–Trinajstić information content (AvgIpc) is 2.89. The van der Waals surface area contributed by atoms with Crippen molar-refractivity contribution >= 4 is 17.7 Å². The second-order valence-electron chi connectivity index (χ2n) is 8.20. The Kier molecular flexibility index (Phi) is 8.68. The lowest BCUT2D eigenvalue weighted by Crippen LogP contribution is -2.44. The normalized spacial score (nSPS) is 13.6. The van der Waals surface area contributed by atoms with Crippen molar-refractivity contribution in [1.29, 1.82) is 0 Å². The van der Waals surface area contributed by atoms with Gasteiger partial charge in [-0.2, -0.15) is 5.10 Å². The van der Waals surface area contributed by atoms with Gasteiger partial charge >= 0.3 is 5.97 Å². The zero-order valence-corrected chi connectivity index (χ0v) is 21.2. The van der Waals surface area contributed by atoms with Crippen molar-refractivity contribution in [3.05, 3.63) is 59.3 Å². The lowest BCUT2D eigenvalue weighted by molar-refractivity contribution is 0.0600. The highest BCUT2D eigenvalue weighted by atomic mass is 19.1. The molecule has 8 nitrogen and oxygen atoms in total. The Morgan fingerprint density at radius 3 is 2.26 bits per heavy atom. The van der Waals surface area contributed by atoms with Crippen molar-refractivity contribution in [3.63, 3.8) is 0 Å². The van der Waals surface area contributed by atoms with E-state index in [9.17, 15) is 9.18 Å². The maximum absolute atomic E-state index is 13.3. The zero-order valence-electron chi connectivity index (χ0n) is 21.2. The molecule has 1 saturated heterocycles. The number of nitrogens with zero attached hydrogens (tertiary/aromatic N) is 6. The Morgan fingerprint density at radius 2 is 1.69 bits per heavy atom. The van der Waals surface area contributed by atoms with E-state index < -0.39 is 5.97 Å². The molecule has 1 aliphatic heterocycles. The number of piperidine rings is 1. The van der Waals surface area contributed by atoms with Gasteiger partial charge in [0.15, 0.2) is 5.82 Å². The summed E-state index contributed by atoms with van der Waals surface area (Å²) >= 11 is 0. The van der Waals surface area contributed by atoms with Gasteiger partial charge in [0.25, 0.3) is 0 Å². The number of methoxy groups -OCH3 is 1. The van der Waals surface area contributed by atoms with Crippen LogP contribution in [0.5, 0.6) is 0 Å². The summed E-state index contributed by atoms with van der Waals surface area (Å²) in [4.78, 5) is 25.6. The fourth-order valence-electron chi connectivity index (χ4n) is 4.27. The first-order valence-electron chi connectivity index (χ1n) is 11.9. The number of aromatic nitrogens is 4. The Morgan fingerprint density at radius 1 is 1.09 bits per heavy atom. The predicted octanol–water partition coefficient (Wildman–Crippen LogP) is 4.61. The van der Waals surface area contributed by atoms with Crippen LogP contribution in [0.25, 0.3) is 11.1 Å². The fraction of sp³-hybridized carbons (Fsp3) is 0.423. The molecule has 35 heavy (non-hydrogen) atoms.